The molecule has 2 unspecified atom stereocenters. The van der Waals surface area contributed by atoms with Crippen molar-refractivity contribution >= 4 is 5.96 Å². The van der Waals surface area contributed by atoms with Crippen molar-refractivity contribution in [1.29, 1.82) is 0 Å². The summed E-state index contributed by atoms with van der Waals surface area (Å²) in [5.41, 5.74) is 0. The summed E-state index contributed by atoms with van der Waals surface area (Å²) >= 11 is 0. The van der Waals surface area contributed by atoms with E-state index in [-0.39, 0.29) is 0 Å². The van der Waals surface area contributed by atoms with Gasteiger partial charge in [0, 0.05) is 38.5 Å². The van der Waals surface area contributed by atoms with Crippen LogP contribution in [0.1, 0.15) is 65.1 Å². The molecule has 0 amide bonds. The van der Waals surface area contributed by atoms with E-state index in [0.717, 1.165) is 68.5 Å². The summed E-state index contributed by atoms with van der Waals surface area (Å²) in [5.74, 6) is 4.32. The third-order valence-electron chi connectivity index (χ3n) is 4.31. The maximum absolute atomic E-state index is 5.29. The minimum absolute atomic E-state index is 0.309. The highest BCUT2D eigenvalue weighted by atomic mass is 16.5. The van der Waals surface area contributed by atoms with Crippen molar-refractivity contribution in [3.8, 4) is 0 Å². The van der Waals surface area contributed by atoms with Gasteiger partial charge in [-0.2, -0.15) is 4.98 Å². The second-order valence-corrected chi connectivity index (χ2v) is 7.39. The molecule has 2 rings (SSSR count). The highest BCUT2D eigenvalue weighted by Crippen LogP contribution is 2.21. The predicted octanol–water partition coefficient (Wildman–Crippen LogP) is 3.07. The minimum atomic E-state index is 0.309. The van der Waals surface area contributed by atoms with Crippen molar-refractivity contribution < 1.29 is 4.52 Å². The maximum Gasteiger partial charge on any atom is 0.226 e. The van der Waals surface area contributed by atoms with Gasteiger partial charge in [0.25, 0.3) is 0 Å². The van der Waals surface area contributed by atoms with Crippen molar-refractivity contribution in [2.45, 2.75) is 59.8 Å². The zero-order chi connectivity index (χ0) is 17.5. The van der Waals surface area contributed by atoms with Crippen molar-refractivity contribution in [1.82, 2.24) is 20.4 Å². The van der Waals surface area contributed by atoms with Crippen LogP contribution in [0.15, 0.2) is 9.52 Å². The van der Waals surface area contributed by atoms with Crippen LogP contribution in [-0.2, 0) is 6.42 Å². The van der Waals surface area contributed by atoms with Crippen LogP contribution in [-0.4, -0.2) is 47.2 Å². The fraction of sp³-hybridized carbons (Fsp3) is 0.833. The topological polar surface area (TPSA) is 66.5 Å². The Labute approximate surface area is 146 Å². The molecule has 0 radical (unpaired) electrons. The molecule has 2 atom stereocenters. The molecule has 0 spiro atoms. The lowest BCUT2D eigenvalue weighted by Crippen LogP contribution is -2.48. The Balaban J connectivity index is 1.86. The first kappa shape index (κ1) is 18.7. The fourth-order valence-electron chi connectivity index (χ4n) is 3.28. The van der Waals surface area contributed by atoms with E-state index in [1.54, 1.807) is 0 Å². The van der Waals surface area contributed by atoms with Gasteiger partial charge in [-0.25, -0.2) is 0 Å². The van der Waals surface area contributed by atoms with Crippen molar-refractivity contribution in [3.05, 3.63) is 11.7 Å². The number of hydrogen-bond donors (Lipinski definition) is 1. The van der Waals surface area contributed by atoms with Gasteiger partial charge in [-0.3, -0.25) is 4.99 Å². The minimum Gasteiger partial charge on any atom is -0.357 e. The van der Waals surface area contributed by atoms with E-state index < -0.39 is 0 Å². The van der Waals surface area contributed by atoms with E-state index in [1.807, 2.05) is 0 Å². The Hall–Kier alpha value is -1.59. The van der Waals surface area contributed by atoms with Crippen LogP contribution in [0.5, 0.6) is 0 Å². The molecule has 2 heterocycles. The van der Waals surface area contributed by atoms with Crippen LogP contribution in [0.25, 0.3) is 0 Å². The fourth-order valence-corrected chi connectivity index (χ4v) is 3.28. The first-order valence-corrected chi connectivity index (χ1v) is 9.35. The van der Waals surface area contributed by atoms with Gasteiger partial charge in [-0.1, -0.05) is 32.9 Å². The third kappa shape index (κ3) is 5.49. The number of aromatic nitrogens is 2. The number of guanidine groups is 1. The number of likely N-dealkylation sites (tertiary alicyclic amines) is 1. The summed E-state index contributed by atoms with van der Waals surface area (Å²) in [6, 6.07) is 0. The lowest BCUT2D eigenvalue weighted by Gasteiger charge is -2.37. The molecule has 1 aliphatic heterocycles. The average Bonchev–Trinajstić information content (AvgIpc) is 2.98. The summed E-state index contributed by atoms with van der Waals surface area (Å²) in [6.07, 6.45) is 3.02. The molecule has 1 N–H and O–H groups in total. The summed E-state index contributed by atoms with van der Waals surface area (Å²) in [6.45, 7) is 14.8. The Morgan fingerprint density at radius 2 is 2.04 bits per heavy atom. The van der Waals surface area contributed by atoms with Crippen LogP contribution in [0.4, 0.5) is 0 Å². The van der Waals surface area contributed by atoms with Crippen LogP contribution >= 0.6 is 0 Å². The lowest BCUT2D eigenvalue weighted by molar-refractivity contribution is 0.208. The van der Waals surface area contributed by atoms with Gasteiger partial charge in [0.1, 0.15) is 0 Å². The zero-order valence-electron chi connectivity index (χ0n) is 15.9. The molecule has 1 aromatic heterocycles. The number of aryl methyl sites for hydroxylation is 1. The molecule has 1 aromatic rings. The Morgan fingerprint density at radius 3 is 2.62 bits per heavy atom. The monoisotopic (exact) mass is 335 g/mol. The number of hydrogen-bond acceptors (Lipinski definition) is 4. The van der Waals surface area contributed by atoms with Crippen molar-refractivity contribution in [2.24, 2.45) is 16.8 Å². The normalized spacial score (nSPS) is 22.2. The summed E-state index contributed by atoms with van der Waals surface area (Å²) in [4.78, 5) is 11.6. The molecule has 1 fully saturated rings. The van der Waals surface area contributed by atoms with E-state index >= 15 is 0 Å². The largest absolute Gasteiger partial charge is 0.357 e. The van der Waals surface area contributed by atoms with Crippen LogP contribution < -0.4 is 5.32 Å². The lowest BCUT2D eigenvalue weighted by atomic mass is 9.92. The Bertz CT molecular complexity index is 515. The van der Waals surface area contributed by atoms with Crippen LogP contribution in [0.2, 0.25) is 0 Å². The quantitative estimate of drug-likeness (QED) is 0.492. The first-order chi connectivity index (χ1) is 11.5. The highest BCUT2D eigenvalue weighted by molar-refractivity contribution is 5.80. The van der Waals surface area contributed by atoms with Crippen molar-refractivity contribution in [2.75, 3.05) is 26.2 Å². The molecule has 24 heavy (non-hydrogen) atoms. The number of nitrogens with zero attached hydrogens (tertiary/aromatic N) is 4. The van der Waals surface area contributed by atoms with Gasteiger partial charge in [-0.05, 0) is 31.6 Å². The number of piperidine rings is 1. The van der Waals surface area contributed by atoms with Gasteiger partial charge >= 0.3 is 0 Å². The molecule has 6 heteroatoms. The van der Waals surface area contributed by atoms with E-state index in [9.17, 15) is 0 Å². The van der Waals surface area contributed by atoms with Crippen molar-refractivity contribution in [3.63, 3.8) is 0 Å². The number of nitrogens with one attached hydrogen (secondary N) is 1. The molecular weight excluding hydrogens is 302 g/mol. The standard InChI is InChI=1S/C18H33N5O/c1-6-19-18(23-11-14(4)10-15(5)12-23)20-9-7-8-16-21-17(13(2)3)22-24-16/h13-15H,6-12H2,1-5H3,(H,19,20). The molecule has 0 bridgehead atoms. The Kier molecular flexibility index (Phi) is 7.06. The van der Waals surface area contributed by atoms with E-state index in [2.05, 4.69) is 55.0 Å². The predicted molar refractivity (Wildman–Crippen MR) is 97.2 cm³/mol. The molecule has 0 saturated carbocycles. The van der Waals surface area contributed by atoms with Gasteiger partial charge in [0.2, 0.25) is 5.89 Å². The smallest absolute Gasteiger partial charge is 0.226 e. The Morgan fingerprint density at radius 1 is 1.33 bits per heavy atom. The molecule has 6 nitrogen and oxygen atoms in total. The molecular formula is C18H33N5O. The first-order valence-electron chi connectivity index (χ1n) is 9.35. The molecule has 0 aliphatic carbocycles. The SMILES string of the molecule is CCNC(=NCCCc1nc(C(C)C)no1)N1CC(C)CC(C)C1. The number of aliphatic imine (C=N–C) groups is 1. The van der Waals surface area contributed by atoms with Gasteiger partial charge in [0.05, 0.1) is 0 Å². The molecule has 1 saturated heterocycles. The molecule has 0 aromatic carbocycles. The molecule has 1 aliphatic rings. The van der Waals surface area contributed by atoms with E-state index in [1.165, 1.54) is 6.42 Å². The number of rotatable bonds is 6. The summed E-state index contributed by atoms with van der Waals surface area (Å²) in [7, 11) is 0. The second kappa shape index (κ2) is 9.04. The highest BCUT2D eigenvalue weighted by Gasteiger charge is 2.23. The summed E-state index contributed by atoms with van der Waals surface area (Å²) < 4.78 is 5.29. The van der Waals surface area contributed by atoms with Gasteiger partial charge < -0.3 is 14.7 Å². The van der Waals surface area contributed by atoms with E-state index in [0.29, 0.717) is 5.92 Å². The van der Waals surface area contributed by atoms with Gasteiger partial charge in [-0.15, -0.1) is 0 Å². The zero-order valence-corrected chi connectivity index (χ0v) is 15.9. The summed E-state index contributed by atoms with van der Waals surface area (Å²) in [5, 5.41) is 7.44. The van der Waals surface area contributed by atoms with Crippen LogP contribution in [0, 0.1) is 11.8 Å². The average molecular weight is 335 g/mol. The molecule has 136 valence electrons. The second-order valence-electron chi connectivity index (χ2n) is 7.39. The van der Waals surface area contributed by atoms with Crippen LogP contribution in [0.3, 0.4) is 0 Å². The maximum atomic E-state index is 5.29. The third-order valence-corrected chi connectivity index (χ3v) is 4.31. The van der Waals surface area contributed by atoms with Gasteiger partial charge in [0.15, 0.2) is 11.8 Å². The van der Waals surface area contributed by atoms with E-state index in [4.69, 9.17) is 9.52 Å².